The highest BCUT2D eigenvalue weighted by Crippen LogP contribution is 2.32. The Hall–Kier alpha value is -2.71. The van der Waals surface area contributed by atoms with Crippen molar-refractivity contribution in [2.45, 2.75) is 142 Å². The first kappa shape index (κ1) is 41.3. The van der Waals surface area contributed by atoms with Gasteiger partial charge in [0.15, 0.2) is 6.29 Å². The molecular formula is C35H59N5O4. The molecule has 0 bridgehead atoms. The number of hydrogen-bond donors (Lipinski definition) is 2. The molecule has 1 saturated heterocycles. The number of rotatable bonds is 22. The molecule has 0 amide bonds. The average molecular weight is 614 g/mol. The van der Waals surface area contributed by atoms with E-state index in [4.69, 9.17) is 40.5 Å². The zero-order valence-electron chi connectivity index (χ0n) is 28.1. The van der Waals surface area contributed by atoms with E-state index in [1.165, 1.54) is 0 Å². The van der Waals surface area contributed by atoms with Gasteiger partial charge in [0.2, 0.25) is 0 Å². The highest BCUT2D eigenvalue weighted by atomic mass is 16.7. The Kier molecular flexibility index (Phi) is 27.2. The first-order valence-electron chi connectivity index (χ1n) is 16.8. The van der Waals surface area contributed by atoms with Crippen LogP contribution in [-0.2, 0) is 18.9 Å². The molecule has 0 radical (unpaired) electrons. The number of hydrogen-bond acceptors (Lipinski definition) is 9. The SMILES string of the molecule is CC.CC.CC(OC1OC(CNCCCCCC#N)C(OCCCCCC#N)C1OCCCCCC#N)c1ccc(N)cc1. The molecule has 0 spiro atoms. The Morgan fingerprint density at radius 3 is 1.77 bits per heavy atom. The maximum Gasteiger partial charge on any atom is 0.187 e. The smallest absolute Gasteiger partial charge is 0.187 e. The van der Waals surface area contributed by atoms with E-state index in [9.17, 15) is 0 Å². The monoisotopic (exact) mass is 613 g/mol. The van der Waals surface area contributed by atoms with E-state index in [1.54, 1.807) is 0 Å². The first-order valence-corrected chi connectivity index (χ1v) is 16.8. The van der Waals surface area contributed by atoms with Crippen LogP contribution < -0.4 is 11.1 Å². The molecule has 1 aromatic carbocycles. The molecule has 1 aliphatic heterocycles. The van der Waals surface area contributed by atoms with Gasteiger partial charge in [0.25, 0.3) is 0 Å². The van der Waals surface area contributed by atoms with Gasteiger partial charge in [-0.3, -0.25) is 0 Å². The van der Waals surface area contributed by atoms with Crippen LogP contribution >= 0.6 is 0 Å². The lowest BCUT2D eigenvalue weighted by Crippen LogP contribution is -2.42. The number of nitrogen functional groups attached to an aromatic ring is 1. The number of anilines is 1. The second-order valence-corrected chi connectivity index (χ2v) is 10.3. The minimum atomic E-state index is -0.599. The third-order valence-corrected chi connectivity index (χ3v) is 6.99. The van der Waals surface area contributed by atoms with Crippen molar-refractivity contribution in [2.75, 3.05) is 32.0 Å². The summed E-state index contributed by atoms with van der Waals surface area (Å²) in [6, 6.07) is 14.2. The summed E-state index contributed by atoms with van der Waals surface area (Å²) in [6.45, 7) is 12.5. The van der Waals surface area contributed by atoms with Gasteiger partial charge in [-0.05, 0) is 69.7 Å². The molecule has 3 N–H and O–H groups in total. The van der Waals surface area contributed by atoms with Crippen molar-refractivity contribution in [3.05, 3.63) is 29.8 Å². The summed E-state index contributed by atoms with van der Waals surface area (Å²) in [7, 11) is 0. The zero-order valence-corrected chi connectivity index (χ0v) is 28.1. The molecule has 0 saturated carbocycles. The third kappa shape index (κ3) is 18.2. The predicted molar refractivity (Wildman–Crippen MR) is 176 cm³/mol. The second-order valence-electron chi connectivity index (χ2n) is 10.3. The van der Waals surface area contributed by atoms with Gasteiger partial charge in [0, 0.05) is 44.7 Å². The van der Waals surface area contributed by atoms with Crippen molar-refractivity contribution in [3.8, 4) is 18.2 Å². The summed E-state index contributed by atoms with van der Waals surface area (Å²) in [5, 5.41) is 29.8. The topological polar surface area (TPSA) is 146 Å². The average Bonchev–Trinajstić information content (AvgIpc) is 3.37. The number of ether oxygens (including phenoxy) is 4. The summed E-state index contributed by atoms with van der Waals surface area (Å²) >= 11 is 0. The van der Waals surface area contributed by atoms with Gasteiger partial charge in [-0.25, -0.2) is 0 Å². The summed E-state index contributed by atoms with van der Waals surface area (Å²) < 4.78 is 25.7. The number of nitrogens with zero attached hydrogens (tertiary/aromatic N) is 3. The molecule has 1 heterocycles. The fourth-order valence-electron chi connectivity index (χ4n) is 4.67. The van der Waals surface area contributed by atoms with Gasteiger partial charge in [-0.2, -0.15) is 15.8 Å². The van der Waals surface area contributed by atoms with Crippen molar-refractivity contribution in [3.63, 3.8) is 0 Å². The molecule has 9 heteroatoms. The first-order chi connectivity index (χ1) is 21.6. The maximum absolute atomic E-state index is 8.81. The fourth-order valence-corrected chi connectivity index (χ4v) is 4.67. The van der Waals surface area contributed by atoms with Crippen molar-refractivity contribution in [1.29, 1.82) is 15.8 Å². The van der Waals surface area contributed by atoms with Gasteiger partial charge in [-0.1, -0.05) is 59.1 Å². The van der Waals surface area contributed by atoms with Gasteiger partial charge < -0.3 is 30.0 Å². The minimum Gasteiger partial charge on any atom is -0.399 e. The summed E-state index contributed by atoms with van der Waals surface area (Å²) in [5.74, 6) is 0. The molecule has 1 fully saturated rings. The lowest BCUT2D eigenvalue weighted by atomic mass is 10.1. The van der Waals surface area contributed by atoms with E-state index >= 15 is 0 Å². The molecule has 5 unspecified atom stereocenters. The van der Waals surface area contributed by atoms with E-state index < -0.39 is 12.4 Å². The number of unbranched alkanes of at least 4 members (excludes halogenated alkanes) is 9. The molecular weight excluding hydrogens is 554 g/mol. The Bertz CT molecular complexity index is 925. The molecule has 1 aliphatic rings. The van der Waals surface area contributed by atoms with E-state index in [2.05, 4.69) is 23.5 Å². The van der Waals surface area contributed by atoms with Crippen LogP contribution in [0.4, 0.5) is 5.69 Å². The van der Waals surface area contributed by atoms with Crippen LogP contribution in [0.1, 0.15) is 123 Å². The minimum absolute atomic E-state index is 0.231. The fraction of sp³-hybridized carbons (Fsp3) is 0.743. The van der Waals surface area contributed by atoms with E-state index in [-0.39, 0.29) is 18.3 Å². The van der Waals surface area contributed by atoms with Crippen LogP contribution in [0.15, 0.2) is 24.3 Å². The molecule has 1 aromatic rings. The Balaban J connectivity index is 0.00000443. The molecule has 5 atom stereocenters. The van der Waals surface area contributed by atoms with Crippen LogP contribution in [0.5, 0.6) is 0 Å². The Morgan fingerprint density at radius 2 is 1.25 bits per heavy atom. The molecule has 2 rings (SSSR count). The van der Waals surface area contributed by atoms with E-state index in [1.807, 2.05) is 58.9 Å². The van der Waals surface area contributed by atoms with Crippen molar-refractivity contribution in [1.82, 2.24) is 5.32 Å². The summed E-state index contributed by atoms with van der Waals surface area (Å²) in [5.41, 5.74) is 7.57. The van der Waals surface area contributed by atoms with Gasteiger partial charge >= 0.3 is 0 Å². The molecule has 0 aliphatic carbocycles. The van der Waals surface area contributed by atoms with Crippen LogP contribution in [-0.4, -0.2) is 50.9 Å². The standard InChI is InChI=1S/C31H47N5O4.2C2H6/c1-25(26-14-16-27(35)17-15-26)39-31-30(38-23-13-7-4-10-20-34)29(37-22-12-6-3-9-19-33)28(40-31)24-36-21-11-5-2-8-18-32;2*1-2/h14-17,25,28-31,36H,2-13,21-24,35H2,1H3;2*1-2H3. The molecule has 9 nitrogen and oxygen atoms in total. The van der Waals surface area contributed by atoms with Crippen LogP contribution in [0, 0.1) is 34.0 Å². The van der Waals surface area contributed by atoms with Crippen molar-refractivity contribution < 1.29 is 18.9 Å². The van der Waals surface area contributed by atoms with Gasteiger partial charge in [-0.15, -0.1) is 0 Å². The maximum atomic E-state index is 8.81. The van der Waals surface area contributed by atoms with Gasteiger partial charge in [0.1, 0.15) is 18.3 Å². The number of nitrogens with two attached hydrogens (primary N) is 1. The number of nitriles is 3. The van der Waals surface area contributed by atoms with Crippen molar-refractivity contribution >= 4 is 5.69 Å². The van der Waals surface area contributed by atoms with Crippen molar-refractivity contribution in [2.24, 2.45) is 0 Å². The largest absolute Gasteiger partial charge is 0.399 e. The Labute approximate surface area is 268 Å². The summed E-state index contributed by atoms with van der Waals surface area (Å²) in [6.07, 6.45) is 8.17. The van der Waals surface area contributed by atoms with E-state index in [0.29, 0.717) is 44.7 Å². The highest BCUT2D eigenvalue weighted by molar-refractivity contribution is 5.39. The molecule has 248 valence electrons. The van der Waals surface area contributed by atoms with Gasteiger partial charge in [0.05, 0.1) is 24.3 Å². The van der Waals surface area contributed by atoms with Crippen LogP contribution in [0.2, 0.25) is 0 Å². The van der Waals surface area contributed by atoms with Crippen LogP contribution in [0.25, 0.3) is 0 Å². The molecule has 44 heavy (non-hydrogen) atoms. The zero-order chi connectivity index (χ0) is 32.8. The normalized spacial score (nSPS) is 19.3. The lowest BCUT2D eigenvalue weighted by Gasteiger charge is -2.26. The predicted octanol–water partition coefficient (Wildman–Crippen LogP) is 7.74. The lowest BCUT2D eigenvalue weighted by molar-refractivity contribution is -0.199. The number of benzene rings is 1. The summed E-state index contributed by atoms with van der Waals surface area (Å²) in [4.78, 5) is 0. The Morgan fingerprint density at radius 1 is 0.750 bits per heavy atom. The van der Waals surface area contributed by atoms with E-state index in [0.717, 1.165) is 69.9 Å². The second kappa shape index (κ2) is 29.0. The van der Waals surface area contributed by atoms with Crippen LogP contribution in [0.3, 0.4) is 0 Å². The quantitative estimate of drug-likeness (QED) is 0.0990. The number of nitrogens with one attached hydrogen (secondary N) is 1. The highest BCUT2D eigenvalue weighted by Gasteiger charge is 2.47. The molecule has 0 aromatic heterocycles. The third-order valence-electron chi connectivity index (χ3n) is 6.99.